The summed E-state index contributed by atoms with van der Waals surface area (Å²) in [7, 11) is 0. The summed E-state index contributed by atoms with van der Waals surface area (Å²) >= 11 is 0. The summed E-state index contributed by atoms with van der Waals surface area (Å²) in [5, 5.41) is 0. The molecule has 2 aromatic heterocycles. The number of aromatic nitrogens is 2. The van der Waals surface area contributed by atoms with E-state index in [4.69, 9.17) is 9.97 Å². The van der Waals surface area contributed by atoms with Gasteiger partial charge in [-0.15, -0.1) is 0 Å². The fraction of sp³-hybridized carbons (Fsp3) is 0.259. The lowest BCUT2D eigenvalue weighted by atomic mass is 9.44. The molecule has 1 fully saturated rings. The molecule has 5 rings (SSSR count). The first-order valence-corrected chi connectivity index (χ1v) is 10.5. The first-order chi connectivity index (χ1) is 14.3. The van der Waals surface area contributed by atoms with E-state index in [2.05, 4.69) is 85.8 Å². The zero-order valence-electron chi connectivity index (χ0n) is 16.7. The minimum atomic E-state index is 0.0999. The molecular weight excluding hydrogens is 352 g/mol. The van der Waals surface area contributed by atoms with Crippen molar-refractivity contribution < 1.29 is 0 Å². The molecule has 144 valence electrons. The van der Waals surface area contributed by atoms with E-state index in [1.54, 1.807) is 0 Å². The van der Waals surface area contributed by atoms with Crippen LogP contribution in [0.25, 0.3) is 0 Å². The van der Waals surface area contributed by atoms with Gasteiger partial charge in [0.2, 0.25) is 0 Å². The summed E-state index contributed by atoms with van der Waals surface area (Å²) in [5.41, 5.74) is 3.86. The number of allylic oxidation sites excluding steroid dienone is 4. The topological polar surface area (TPSA) is 25.8 Å². The summed E-state index contributed by atoms with van der Waals surface area (Å²) < 4.78 is 0. The SMILES string of the molecule is CC1(C2C(c3ccccc3)C(c3ccccn3)C2c2ccccn2)C=CC=CC1. The maximum atomic E-state index is 4.81. The predicted molar refractivity (Wildman–Crippen MR) is 118 cm³/mol. The Balaban J connectivity index is 1.67. The molecule has 0 spiro atoms. The van der Waals surface area contributed by atoms with Crippen molar-refractivity contribution >= 4 is 0 Å². The van der Waals surface area contributed by atoms with Gasteiger partial charge >= 0.3 is 0 Å². The molecule has 1 aromatic carbocycles. The van der Waals surface area contributed by atoms with Gasteiger partial charge in [0.1, 0.15) is 0 Å². The monoisotopic (exact) mass is 378 g/mol. The standard InChI is InChI=1S/C27H26N2/c1-27(16-8-3-9-17-27)26-23(20-12-4-2-5-13-20)24(21-14-6-10-18-28-21)25(26)22-15-7-11-19-29-22/h2-16,18-19,23-26H,17H2,1H3. The van der Waals surface area contributed by atoms with Crippen LogP contribution >= 0.6 is 0 Å². The van der Waals surface area contributed by atoms with Gasteiger partial charge in [0, 0.05) is 35.6 Å². The van der Waals surface area contributed by atoms with Gasteiger partial charge in [-0.3, -0.25) is 9.97 Å². The summed E-state index contributed by atoms with van der Waals surface area (Å²) in [6.45, 7) is 2.41. The Bertz CT molecular complexity index is 963. The molecule has 0 saturated heterocycles. The third-order valence-corrected chi connectivity index (χ3v) is 6.83. The second-order valence-electron chi connectivity index (χ2n) is 8.52. The molecule has 0 amide bonds. The lowest BCUT2D eigenvalue weighted by Gasteiger charge is -2.58. The van der Waals surface area contributed by atoms with E-state index >= 15 is 0 Å². The highest BCUT2D eigenvalue weighted by molar-refractivity contribution is 5.41. The van der Waals surface area contributed by atoms with E-state index in [0.717, 1.165) is 6.42 Å². The lowest BCUT2D eigenvalue weighted by Crippen LogP contribution is -2.50. The number of nitrogens with zero attached hydrogens (tertiary/aromatic N) is 2. The van der Waals surface area contributed by atoms with Gasteiger partial charge in [0.15, 0.2) is 0 Å². The van der Waals surface area contributed by atoms with E-state index < -0.39 is 0 Å². The number of hydrogen-bond donors (Lipinski definition) is 0. The van der Waals surface area contributed by atoms with Crippen LogP contribution < -0.4 is 0 Å². The fourth-order valence-corrected chi connectivity index (χ4v) is 5.53. The number of rotatable bonds is 4. The highest BCUT2D eigenvalue weighted by atomic mass is 14.8. The van der Waals surface area contributed by atoms with Crippen molar-refractivity contribution in [2.75, 3.05) is 0 Å². The fourth-order valence-electron chi connectivity index (χ4n) is 5.53. The summed E-state index contributed by atoms with van der Waals surface area (Å²) in [4.78, 5) is 9.61. The smallest absolute Gasteiger partial charge is 0.0447 e. The molecule has 0 bridgehead atoms. The van der Waals surface area contributed by atoms with Crippen LogP contribution in [0.2, 0.25) is 0 Å². The molecule has 2 nitrogen and oxygen atoms in total. The molecule has 2 heterocycles. The third-order valence-electron chi connectivity index (χ3n) is 6.83. The molecule has 5 atom stereocenters. The van der Waals surface area contributed by atoms with Crippen molar-refractivity contribution in [3.8, 4) is 0 Å². The molecule has 29 heavy (non-hydrogen) atoms. The Labute approximate surface area is 173 Å². The average molecular weight is 379 g/mol. The van der Waals surface area contributed by atoms with Crippen LogP contribution in [-0.2, 0) is 0 Å². The molecular formula is C27H26N2. The van der Waals surface area contributed by atoms with Crippen LogP contribution in [0.5, 0.6) is 0 Å². The van der Waals surface area contributed by atoms with Crippen LogP contribution in [0, 0.1) is 11.3 Å². The normalized spacial score (nSPS) is 30.7. The van der Waals surface area contributed by atoms with Crippen LogP contribution in [0.1, 0.15) is 48.0 Å². The van der Waals surface area contributed by atoms with Crippen molar-refractivity contribution in [1.29, 1.82) is 0 Å². The van der Waals surface area contributed by atoms with Gasteiger partial charge in [0.05, 0.1) is 0 Å². The minimum absolute atomic E-state index is 0.0999. The van der Waals surface area contributed by atoms with Crippen molar-refractivity contribution in [3.63, 3.8) is 0 Å². The lowest BCUT2D eigenvalue weighted by molar-refractivity contribution is 0.0488. The molecule has 0 N–H and O–H groups in total. The quantitative estimate of drug-likeness (QED) is 0.534. The summed E-state index contributed by atoms with van der Waals surface area (Å²) in [5.74, 6) is 1.55. The Morgan fingerprint density at radius 3 is 1.97 bits per heavy atom. The first kappa shape index (κ1) is 18.1. The molecule has 2 heteroatoms. The van der Waals surface area contributed by atoms with Gasteiger partial charge in [-0.25, -0.2) is 0 Å². The molecule has 5 unspecified atom stereocenters. The zero-order valence-corrected chi connectivity index (χ0v) is 16.7. The molecule has 1 saturated carbocycles. The maximum Gasteiger partial charge on any atom is 0.0447 e. The minimum Gasteiger partial charge on any atom is -0.261 e. The van der Waals surface area contributed by atoms with Gasteiger partial charge in [-0.2, -0.15) is 0 Å². The molecule has 0 radical (unpaired) electrons. The first-order valence-electron chi connectivity index (χ1n) is 10.5. The van der Waals surface area contributed by atoms with Crippen molar-refractivity contribution in [2.24, 2.45) is 11.3 Å². The highest BCUT2D eigenvalue weighted by Crippen LogP contribution is 2.68. The zero-order chi connectivity index (χ0) is 19.7. The Hall–Kier alpha value is -3.00. The number of hydrogen-bond acceptors (Lipinski definition) is 2. The van der Waals surface area contributed by atoms with Crippen LogP contribution in [0.3, 0.4) is 0 Å². The highest BCUT2D eigenvalue weighted by Gasteiger charge is 2.58. The summed E-state index contributed by atoms with van der Waals surface area (Å²) in [6, 6.07) is 23.6. The van der Waals surface area contributed by atoms with Crippen molar-refractivity contribution in [2.45, 2.75) is 31.1 Å². The van der Waals surface area contributed by atoms with Gasteiger partial charge in [-0.1, -0.05) is 73.7 Å². The second kappa shape index (κ2) is 7.44. The average Bonchev–Trinajstić information content (AvgIpc) is 2.76. The molecule has 3 aromatic rings. The van der Waals surface area contributed by atoms with Gasteiger partial charge in [0.25, 0.3) is 0 Å². The third kappa shape index (κ3) is 3.13. The summed E-state index contributed by atoms with van der Waals surface area (Å²) in [6.07, 6.45) is 14.0. The number of pyridine rings is 2. The number of benzene rings is 1. The predicted octanol–water partition coefficient (Wildman–Crippen LogP) is 6.28. The Kier molecular flexibility index (Phi) is 4.63. The second-order valence-corrected chi connectivity index (χ2v) is 8.52. The van der Waals surface area contributed by atoms with E-state index in [-0.39, 0.29) is 5.41 Å². The van der Waals surface area contributed by atoms with Gasteiger partial charge in [-0.05, 0) is 53.5 Å². The maximum absolute atomic E-state index is 4.81. The molecule has 2 aliphatic carbocycles. The van der Waals surface area contributed by atoms with E-state index in [1.807, 2.05) is 24.5 Å². The van der Waals surface area contributed by atoms with Crippen molar-refractivity contribution in [3.05, 3.63) is 120 Å². The van der Waals surface area contributed by atoms with E-state index in [0.29, 0.717) is 23.7 Å². The van der Waals surface area contributed by atoms with E-state index in [1.165, 1.54) is 17.0 Å². The van der Waals surface area contributed by atoms with Crippen LogP contribution in [-0.4, -0.2) is 9.97 Å². The molecule has 0 aliphatic heterocycles. The Morgan fingerprint density at radius 2 is 1.38 bits per heavy atom. The Morgan fingerprint density at radius 1 is 0.724 bits per heavy atom. The van der Waals surface area contributed by atoms with Gasteiger partial charge < -0.3 is 0 Å². The molecule has 2 aliphatic rings. The van der Waals surface area contributed by atoms with Crippen LogP contribution in [0.15, 0.2) is 103 Å². The van der Waals surface area contributed by atoms with E-state index in [9.17, 15) is 0 Å². The largest absolute Gasteiger partial charge is 0.261 e. The van der Waals surface area contributed by atoms with Crippen molar-refractivity contribution in [1.82, 2.24) is 9.97 Å². The van der Waals surface area contributed by atoms with Crippen LogP contribution in [0.4, 0.5) is 0 Å².